The van der Waals surface area contributed by atoms with Gasteiger partial charge < -0.3 is 10.2 Å². The topological polar surface area (TPSA) is 15.3 Å². The van der Waals surface area contributed by atoms with Gasteiger partial charge in [-0.15, -0.1) is 0 Å². The molecule has 3 aliphatic heterocycles. The molecule has 0 aromatic rings. The van der Waals surface area contributed by atoms with Gasteiger partial charge in [-0.1, -0.05) is 27.2 Å². The summed E-state index contributed by atoms with van der Waals surface area (Å²) in [7, 11) is 0. The zero-order chi connectivity index (χ0) is 12.3. The maximum Gasteiger partial charge on any atom is 0.0226 e. The minimum absolute atomic E-state index is 0.746. The molecule has 3 fully saturated rings. The summed E-state index contributed by atoms with van der Waals surface area (Å²) in [4.78, 5) is 2.65. The number of nitrogens with zero attached hydrogens (tertiary/aromatic N) is 1. The van der Waals surface area contributed by atoms with E-state index in [1.165, 1.54) is 51.7 Å². The van der Waals surface area contributed by atoms with E-state index in [0.29, 0.717) is 0 Å². The Labute approximate surface area is 107 Å². The second-order valence-electron chi connectivity index (χ2n) is 6.27. The molecule has 0 spiro atoms. The second-order valence-corrected chi connectivity index (χ2v) is 6.27. The molecule has 3 atom stereocenters. The molecule has 3 rings (SSSR count). The molecule has 0 amide bonds. The second kappa shape index (κ2) is 6.19. The average molecular weight is 238 g/mol. The van der Waals surface area contributed by atoms with Crippen LogP contribution in [0.3, 0.4) is 0 Å². The van der Waals surface area contributed by atoms with Crippen LogP contribution in [-0.4, -0.2) is 36.6 Å². The first-order valence-electron chi connectivity index (χ1n) is 7.71. The third-order valence-electron chi connectivity index (χ3n) is 4.98. The van der Waals surface area contributed by atoms with Gasteiger partial charge in [0.1, 0.15) is 0 Å². The molecule has 1 N–H and O–H groups in total. The van der Waals surface area contributed by atoms with Crippen molar-refractivity contribution in [2.45, 2.75) is 65.0 Å². The van der Waals surface area contributed by atoms with E-state index in [-0.39, 0.29) is 0 Å². The first kappa shape index (κ1) is 13.4. The Morgan fingerprint density at radius 2 is 1.88 bits per heavy atom. The van der Waals surface area contributed by atoms with E-state index in [1.807, 2.05) is 0 Å². The quantitative estimate of drug-likeness (QED) is 0.765. The van der Waals surface area contributed by atoms with Crippen molar-refractivity contribution in [1.29, 1.82) is 0 Å². The van der Waals surface area contributed by atoms with Gasteiger partial charge in [-0.25, -0.2) is 0 Å². The largest absolute Gasteiger partial charge is 0.310 e. The van der Waals surface area contributed by atoms with E-state index < -0.39 is 0 Å². The number of nitrogens with one attached hydrogen (secondary N) is 1. The summed E-state index contributed by atoms with van der Waals surface area (Å²) in [5.74, 6) is 1.83. The number of hydrogen-bond acceptors (Lipinski definition) is 2. The molecule has 17 heavy (non-hydrogen) atoms. The van der Waals surface area contributed by atoms with Crippen molar-refractivity contribution >= 4 is 0 Å². The van der Waals surface area contributed by atoms with Gasteiger partial charge in [0.05, 0.1) is 0 Å². The highest BCUT2D eigenvalue weighted by Crippen LogP contribution is 2.28. The van der Waals surface area contributed by atoms with Gasteiger partial charge in [-0.3, -0.25) is 0 Å². The fourth-order valence-electron chi connectivity index (χ4n) is 3.46. The van der Waals surface area contributed by atoms with Crippen molar-refractivity contribution in [3.63, 3.8) is 0 Å². The molecular weight excluding hydrogens is 208 g/mol. The zero-order valence-electron chi connectivity index (χ0n) is 11.9. The lowest BCUT2D eigenvalue weighted by atomic mass is 9.83. The van der Waals surface area contributed by atoms with Crippen molar-refractivity contribution in [2.24, 2.45) is 11.8 Å². The summed E-state index contributed by atoms with van der Waals surface area (Å²) in [6, 6.07) is 1.53. The van der Waals surface area contributed by atoms with Crippen LogP contribution in [0.4, 0.5) is 0 Å². The highest BCUT2D eigenvalue weighted by atomic mass is 15.2. The molecule has 3 aliphatic rings. The van der Waals surface area contributed by atoms with Gasteiger partial charge in [0.25, 0.3) is 0 Å². The van der Waals surface area contributed by atoms with Gasteiger partial charge in [-0.2, -0.15) is 0 Å². The maximum absolute atomic E-state index is 3.96. The van der Waals surface area contributed by atoms with Crippen molar-refractivity contribution in [3.8, 4) is 0 Å². The van der Waals surface area contributed by atoms with Crippen LogP contribution in [0.1, 0.15) is 52.9 Å². The number of hydrogen-bond donors (Lipinski definition) is 1. The van der Waals surface area contributed by atoms with Crippen molar-refractivity contribution in [3.05, 3.63) is 0 Å². The fraction of sp³-hybridized carbons (Fsp3) is 1.00. The normalized spacial score (nSPS) is 35.8. The molecule has 100 valence electrons. The predicted octanol–water partition coefficient (Wildman–Crippen LogP) is 2.89. The van der Waals surface area contributed by atoms with Crippen LogP contribution in [0.2, 0.25) is 0 Å². The lowest BCUT2D eigenvalue weighted by Gasteiger charge is -2.46. The summed E-state index contributed by atoms with van der Waals surface area (Å²) >= 11 is 0. The zero-order valence-corrected chi connectivity index (χ0v) is 11.9. The van der Waals surface area contributed by atoms with E-state index in [4.69, 9.17) is 0 Å². The Hall–Kier alpha value is -0.0800. The van der Waals surface area contributed by atoms with E-state index in [1.54, 1.807) is 0 Å². The Kier molecular flexibility index (Phi) is 4.87. The van der Waals surface area contributed by atoms with Crippen LogP contribution in [0, 0.1) is 11.8 Å². The van der Waals surface area contributed by atoms with Crippen LogP contribution in [0.25, 0.3) is 0 Å². The Morgan fingerprint density at radius 1 is 1.18 bits per heavy atom. The maximum atomic E-state index is 3.96. The van der Waals surface area contributed by atoms with Crippen LogP contribution >= 0.6 is 0 Å². The molecule has 0 radical (unpaired) electrons. The molecule has 0 aliphatic carbocycles. The Morgan fingerprint density at radius 3 is 2.35 bits per heavy atom. The van der Waals surface area contributed by atoms with Crippen LogP contribution in [0.15, 0.2) is 0 Å². The Balaban J connectivity index is 1.82. The highest BCUT2D eigenvalue weighted by Gasteiger charge is 2.34. The van der Waals surface area contributed by atoms with Gasteiger partial charge in [-0.05, 0) is 50.6 Å². The minimum atomic E-state index is 0.746. The predicted molar refractivity (Wildman–Crippen MR) is 74.2 cm³/mol. The van der Waals surface area contributed by atoms with Crippen LogP contribution in [-0.2, 0) is 0 Å². The highest BCUT2D eigenvalue weighted by molar-refractivity contribution is 4.92. The van der Waals surface area contributed by atoms with E-state index in [0.717, 1.165) is 23.9 Å². The molecule has 2 heteroatoms. The van der Waals surface area contributed by atoms with E-state index in [2.05, 4.69) is 31.0 Å². The van der Waals surface area contributed by atoms with E-state index >= 15 is 0 Å². The summed E-state index contributed by atoms with van der Waals surface area (Å²) in [6.07, 6.45) is 6.82. The number of fused-ring (bicyclic) bond motifs is 3. The SMILES string of the molecule is CCC(C)CC(CC)NC1CN2CCC1CC2. The molecule has 3 heterocycles. The molecule has 3 saturated heterocycles. The smallest absolute Gasteiger partial charge is 0.0226 e. The molecule has 0 saturated carbocycles. The third kappa shape index (κ3) is 3.45. The summed E-state index contributed by atoms with van der Waals surface area (Å²) in [6.45, 7) is 11.0. The van der Waals surface area contributed by atoms with Gasteiger partial charge >= 0.3 is 0 Å². The van der Waals surface area contributed by atoms with Crippen molar-refractivity contribution in [1.82, 2.24) is 10.2 Å². The summed E-state index contributed by atoms with van der Waals surface area (Å²) in [5, 5.41) is 3.96. The molecular formula is C15H30N2. The molecule has 0 aromatic heterocycles. The first-order valence-corrected chi connectivity index (χ1v) is 7.71. The lowest BCUT2D eigenvalue weighted by Crippen LogP contribution is -2.58. The third-order valence-corrected chi connectivity index (χ3v) is 4.98. The Bertz CT molecular complexity index is 221. The monoisotopic (exact) mass is 238 g/mol. The van der Waals surface area contributed by atoms with Crippen LogP contribution < -0.4 is 5.32 Å². The molecule has 0 aromatic carbocycles. The number of rotatable bonds is 6. The number of piperidine rings is 3. The molecule has 2 bridgehead atoms. The first-order chi connectivity index (χ1) is 8.22. The van der Waals surface area contributed by atoms with Gasteiger partial charge in [0.15, 0.2) is 0 Å². The van der Waals surface area contributed by atoms with E-state index in [9.17, 15) is 0 Å². The van der Waals surface area contributed by atoms with Gasteiger partial charge in [0, 0.05) is 18.6 Å². The fourth-order valence-corrected chi connectivity index (χ4v) is 3.46. The lowest BCUT2D eigenvalue weighted by molar-refractivity contribution is 0.0649. The van der Waals surface area contributed by atoms with Gasteiger partial charge in [0.2, 0.25) is 0 Å². The minimum Gasteiger partial charge on any atom is -0.310 e. The van der Waals surface area contributed by atoms with Crippen LogP contribution in [0.5, 0.6) is 0 Å². The van der Waals surface area contributed by atoms with Crippen molar-refractivity contribution < 1.29 is 0 Å². The molecule has 2 nitrogen and oxygen atoms in total. The molecule has 3 unspecified atom stereocenters. The summed E-state index contributed by atoms with van der Waals surface area (Å²) in [5.41, 5.74) is 0. The average Bonchev–Trinajstić information content (AvgIpc) is 2.39. The summed E-state index contributed by atoms with van der Waals surface area (Å²) < 4.78 is 0. The standard InChI is InChI=1S/C15H30N2/c1-4-12(3)10-14(5-2)16-15-11-17-8-6-13(15)7-9-17/h12-16H,4-11H2,1-3H3. The van der Waals surface area contributed by atoms with Crippen molar-refractivity contribution in [2.75, 3.05) is 19.6 Å².